The van der Waals surface area contributed by atoms with E-state index in [0.29, 0.717) is 5.69 Å². The average molecular weight is 331 g/mol. The molecule has 120 valence electrons. The van der Waals surface area contributed by atoms with E-state index in [0.717, 1.165) is 10.6 Å². The molecule has 0 aliphatic carbocycles. The van der Waals surface area contributed by atoms with E-state index in [1.807, 2.05) is 12.1 Å². The van der Waals surface area contributed by atoms with Crippen LogP contribution >= 0.6 is 11.3 Å². The summed E-state index contributed by atoms with van der Waals surface area (Å²) >= 11 is 1.43. The number of nitrogens with zero attached hydrogens (tertiary/aromatic N) is 2. The van der Waals surface area contributed by atoms with Crippen molar-refractivity contribution >= 4 is 23.2 Å². The van der Waals surface area contributed by atoms with Gasteiger partial charge in [0.15, 0.2) is 0 Å². The molecule has 0 spiro atoms. The number of thiazole rings is 1. The van der Waals surface area contributed by atoms with Crippen molar-refractivity contribution in [3.63, 3.8) is 0 Å². The molecule has 0 aliphatic heterocycles. The van der Waals surface area contributed by atoms with Crippen molar-refractivity contribution in [2.24, 2.45) is 0 Å². The van der Waals surface area contributed by atoms with Crippen LogP contribution in [0.2, 0.25) is 0 Å². The summed E-state index contributed by atoms with van der Waals surface area (Å²) in [7, 11) is 0. The Kier molecular flexibility index (Phi) is 5.99. The normalized spacial score (nSPS) is 12.2. The van der Waals surface area contributed by atoms with Gasteiger partial charge < -0.3 is 10.4 Å². The van der Waals surface area contributed by atoms with Crippen molar-refractivity contribution in [1.82, 2.24) is 15.3 Å². The number of nitrogens with one attached hydrogen (secondary N) is 1. The summed E-state index contributed by atoms with van der Waals surface area (Å²) < 4.78 is 0. The molecule has 2 rings (SSSR count). The fraction of sp³-hybridized carbons (Fsp3) is 0.250. The zero-order valence-corrected chi connectivity index (χ0v) is 13.4. The Hall–Kier alpha value is -2.54. The van der Waals surface area contributed by atoms with E-state index in [-0.39, 0.29) is 18.7 Å². The Labute approximate surface area is 137 Å². The SMILES string of the molecule is C/C=C/CC(NC(=O)Cc1csc(-c2cccnc2)n1)C(=O)O. The molecule has 1 unspecified atom stereocenters. The number of aliphatic carboxylic acids is 1. The van der Waals surface area contributed by atoms with Gasteiger partial charge in [-0.25, -0.2) is 9.78 Å². The van der Waals surface area contributed by atoms with E-state index in [9.17, 15) is 9.59 Å². The van der Waals surface area contributed by atoms with Gasteiger partial charge in [-0.15, -0.1) is 11.3 Å². The Bertz CT molecular complexity index is 698. The van der Waals surface area contributed by atoms with Gasteiger partial charge in [-0.05, 0) is 25.5 Å². The lowest BCUT2D eigenvalue weighted by atomic mass is 10.2. The molecular weight excluding hydrogens is 314 g/mol. The number of allylic oxidation sites excluding steroid dienone is 1. The molecule has 1 amide bonds. The first-order chi connectivity index (χ1) is 11.1. The summed E-state index contributed by atoms with van der Waals surface area (Å²) in [6.45, 7) is 1.80. The summed E-state index contributed by atoms with van der Waals surface area (Å²) in [6.07, 6.45) is 7.17. The maximum absolute atomic E-state index is 12.0. The van der Waals surface area contributed by atoms with Gasteiger partial charge in [0.1, 0.15) is 11.0 Å². The lowest BCUT2D eigenvalue weighted by Gasteiger charge is -2.11. The molecule has 0 bridgehead atoms. The quantitative estimate of drug-likeness (QED) is 0.759. The molecule has 2 heterocycles. The van der Waals surface area contributed by atoms with Crippen LogP contribution in [0.4, 0.5) is 0 Å². The Morgan fingerprint density at radius 1 is 1.48 bits per heavy atom. The van der Waals surface area contributed by atoms with Crippen LogP contribution in [-0.4, -0.2) is 33.0 Å². The molecule has 0 radical (unpaired) electrons. The topological polar surface area (TPSA) is 92.2 Å². The Balaban J connectivity index is 1.98. The number of hydrogen-bond donors (Lipinski definition) is 2. The summed E-state index contributed by atoms with van der Waals surface area (Å²) in [6, 6.07) is 2.80. The van der Waals surface area contributed by atoms with E-state index < -0.39 is 12.0 Å². The van der Waals surface area contributed by atoms with Crippen LogP contribution in [0.25, 0.3) is 10.6 Å². The average Bonchev–Trinajstić information content (AvgIpc) is 3.00. The maximum atomic E-state index is 12.0. The van der Waals surface area contributed by atoms with Crippen LogP contribution < -0.4 is 5.32 Å². The third-order valence-corrected chi connectivity index (χ3v) is 3.98. The highest BCUT2D eigenvalue weighted by molar-refractivity contribution is 7.13. The molecular formula is C16H17N3O3S. The first-order valence-corrected chi connectivity index (χ1v) is 7.96. The highest BCUT2D eigenvalue weighted by atomic mass is 32.1. The van der Waals surface area contributed by atoms with Gasteiger partial charge in [-0.3, -0.25) is 9.78 Å². The zero-order chi connectivity index (χ0) is 16.7. The van der Waals surface area contributed by atoms with Gasteiger partial charge in [-0.2, -0.15) is 0 Å². The van der Waals surface area contributed by atoms with E-state index in [4.69, 9.17) is 5.11 Å². The fourth-order valence-electron chi connectivity index (χ4n) is 1.91. The smallest absolute Gasteiger partial charge is 0.326 e. The molecule has 2 N–H and O–H groups in total. The van der Waals surface area contributed by atoms with Gasteiger partial charge in [-0.1, -0.05) is 12.2 Å². The second-order valence-corrected chi connectivity index (χ2v) is 5.68. The monoisotopic (exact) mass is 331 g/mol. The van der Waals surface area contributed by atoms with Gasteiger partial charge in [0.25, 0.3) is 0 Å². The molecule has 23 heavy (non-hydrogen) atoms. The molecule has 7 heteroatoms. The summed E-state index contributed by atoms with van der Waals surface area (Å²) in [5.74, 6) is -1.41. The highest BCUT2D eigenvalue weighted by Gasteiger charge is 2.19. The van der Waals surface area contributed by atoms with Crippen molar-refractivity contribution in [1.29, 1.82) is 0 Å². The Morgan fingerprint density at radius 3 is 2.96 bits per heavy atom. The lowest BCUT2D eigenvalue weighted by molar-refractivity contribution is -0.141. The molecule has 0 saturated heterocycles. The van der Waals surface area contributed by atoms with Crippen LogP contribution in [0.3, 0.4) is 0 Å². The first-order valence-electron chi connectivity index (χ1n) is 7.08. The maximum Gasteiger partial charge on any atom is 0.326 e. The van der Waals surface area contributed by atoms with Crippen molar-refractivity contribution in [3.8, 4) is 10.6 Å². The number of hydrogen-bond acceptors (Lipinski definition) is 5. The minimum absolute atomic E-state index is 0.0520. The third kappa shape index (κ3) is 5.00. The minimum Gasteiger partial charge on any atom is -0.480 e. The van der Waals surface area contributed by atoms with Gasteiger partial charge in [0.2, 0.25) is 5.91 Å². The van der Waals surface area contributed by atoms with Crippen molar-refractivity contribution in [2.75, 3.05) is 0 Å². The van der Waals surface area contributed by atoms with Crippen LogP contribution in [0.1, 0.15) is 19.0 Å². The third-order valence-electron chi connectivity index (χ3n) is 3.04. The van der Waals surface area contributed by atoms with Crippen LogP contribution in [0.15, 0.2) is 42.1 Å². The van der Waals surface area contributed by atoms with E-state index in [1.165, 1.54) is 11.3 Å². The second-order valence-electron chi connectivity index (χ2n) is 4.83. The molecule has 2 aromatic heterocycles. The first kappa shape index (κ1) is 16.8. The van der Waals surface area contributed by atoms with Gasteiger partial charge in [0.05, 0.1) is 12.1 Å². The molecule has 0 aromatic carbocycles. The molecule has 0 aliphatic rings. The molecule has 0 saturated carbocycles. The summed E-state index contributed by atoms with van der Waals surface area (Å²) in [5, 5.41) is 14.2. The Morgan fingerprint density at radius 2 is 2.30 bits per heavy atom. The predicted molar refractivity (Wildman–Crippen MR) is 88.0 cm³/mol. The highest BCUT2D eigenvalue weighted by Crippen LogP contribution is 2.22. The molecule has 0 fully saturated rings. The number of carbonyl (C=O) groups excluding carboxylic acids is 1. The van der Waals surface area contributed by atoms with E-state index >= 15 is 0 Å². The molecule has 1 atom stereocenters. The molecule has 2 aromatic rings. The van der Waals surface area contributed by atoms with Crippen molar-refractivity contribution in [2.45, 2.75) is 25.8 Å². The zero-order valence-electron chi connectivity index (χ0n) is 12.6. The number of pyridine rings is 1. The van der Waals surface area contributed by atoms with Crippen molar-refractivity contribution < 1.29 is 14.7 Å². The largest absolute Gasteiger partial charge is 0.480 e. The van der Waals surface area contributed by atoms with Gasteiger partial charge in [0, 0.05) is 23.3 Å². The number of carbonyl (C=O) groups is 2. The number of carboxylic acid groups (broad SMARTS) is 1. The van der Waals surface area contributed by atoms with Crippen LogP contribution in [-0.2, 0) is 16.0 Å². The van der Waals surface area contributed by atoms with Gasteiger partial charge >= 0.3 is 5.97 Å². The number of aromatic nitrogens is 2. The fourth-order valence-corrected chi connectivity index (χ4v) is 2.72. The van der Waals surface area contributed by atoms with Crippen LogP contribution in [0, 0.1) is 0 Å². The van der Waals surface area contributed by atoms with Crippen molar-refractivity contribution in [3.05, 3.63) is 47.8 Å². The number of rotatable bonds is 7. The molecule has 6 nitrogen and oxygen atoms in total. The predicted octanol–water partition coefficient (Wildman–Crippen LogP) is 2.28. The summed E-state index contributed by atoms with van der Waals surface area (Å²) in [4.78, 5) is 31.5. The summed E-state index contributed by atoms with van der Waals surface area (Å²) in [5.41, 5.74) is 1.50. The standard InChI is InChI=1S/C16H17N3O3S/c1-2-3-6-13(16(21)22)19-14(20)8-12-10-23-15(18-12)11-5-4-7-17-9-11/h2-5,7,9-10,13H,6,8H2,1H3,(H,19,20)(H,21,22)/b3-2+. The van der Waals surface area contributed by atoms with Crippen LogP contribution in [0.5, 0.6) is 0 Å². The van der Waals surface area contributed by atoms with E-state index in [1.54, 1.807) is 36.8 Å². The number of amides is 1. The second kappa shape index (κ2) is 8.19. The minimum atomic E-state index is -1.05. The lowest BCUT2D eigenvalue weighted by Crippen LogP contribution is -2.41. The number of carboxylic acids is 1. The van der Waals surface area contributed by atoms with E-state index in [2.05, 4.69) is 15.3 Å².